The number of benzene rings is 2. The smallest absolute Gasteiger partial charge is 0.256 e. The van der Waals surface area contributed by atoms with Crippen LogP contribution in [0.5, 0.6) is 0 Å². The number of anilines is 1. The van der Waals surface area contributed by atoms with Gasteiger partial charge in [0.05, 0.1) is 11.3 Å². The van der Waals surface area contributed by atoms with Crippen molar-refractivity contribution < 1.29 is 4.79 Å². The molecule has 0 unspecified atom stereocenters. The van der Waals surface area contributed by atoms with Crippen LogP contribution in [0.4, 0.5) is 5.69 Å². The van der Waals surface area contributed by atoms with Crippen LogP contribution in [0.25, 0.3) is 0 Å². The lowest BCUT2D eigenvalue weighted by Crippen LogP contribution is -2.13. The van der Waals surface area contributed by atoms with Gasteiger partial charge in [-0.25, -0.2) is 0 Å². The number of carbonyl (C=O) groups excluding carboxylic acids is 1. The SMILES string of the molecule is Cc1cccc(C(=O)Nc2ccc(Cl)cc2I)c1Br. The molecule has 0 spiro atoms. The average molecular weight is 451 g/mol. The van der Waals surface area contributed by atoms with Gasteiger partial charge >= 0.3 is 0 Å². The van der Waals surface area contributed by atoms with Crippen molar-refractivity contribution in [1.29, 1.82) is 0 Å². The van der Waals surface area contributed by atoms with Crippen LogP contribution in [0.3, 0.4) is 0 Å². The van der Waals surface area contributed by atoms with Crippen LogP contribution in [-0.2, 0) is 0 Å². The van der Waals surface area contributed by atoms with Crippen molar-refractivity contribution in [1.82, 2.24) is 0 Å². The van der Waals surface area contributed by atoms with Crippen LogP contribution >= 0.6 is 50.1 Å². The third kappa shape index (κ3) is 3.49. The number of halogens is 3. The Labute approximate surface area is 138 Å². The molecular weight excluding hydrogens is 440 g/mol. The van der Waals surface area contributed by atoms with E-state index in [1.165, 1.54) is 0 Å². The van der Waals surface area contributed by atoms with Crippen molar-refractivity contribution in [2.45, 2.75) is 6.92 Å². The molecular formula is C14H10BrClINO. The van der Waals surface area contributed by atoms with Crippen molar-refractivity contribution in [3.63, 3.8) is 0 Å². The molecule has 0 atom stereocenters. The van der Waals surface area contributed by atoms with Gasteiger partial charge in [-0.15, -0.1) is 0 Å². The summed E-state index contributed by atoms with van der Waals surface area (Å²) in [6.07, 6.45) is 0. The summed E-state index contributed by atoms with van der Waals surface area (Å²) in [6.45, 7) is 1.95. The van der Waals surface area contributed by atoms with E-state index >= 15 is 0 Å². The third-order valence-corrected chi connectivity index (χ3v) is 4.80. The molecule has 0 aromatic heterocycles. The second-order valence-corrected chi connectivity index (χ2v) is 6.41. The highest BCUT2D eigenvalue weighted by atomic mass is 127. The second-order valence-electron chi connectivity index (χ2n) is 4.01. The number of amides is 1. The molecule has 0 radical (unpaired) electrons. The van der Waals surface area contributed by atoms with Crippen LogP contribution in [-0.4, -0.2) is 5.91 Å². The summed E-state index contributed by atoms with van der Waals surface area (Å²) in [7, 11) is 0. The van der Waals surface area contributed by atoms with Gasteiger partial charge in [0.15, 0.2) is 0 Å². The molecule has 98 valence electrons. The molecule has 0 aliphatic rings. The molecule has 0 fully saturated rings. The van der Waals surface area contributed by atoms with Gasteiger partial charge in [-0.2, -0.15) is 0 Å². The monoisotopic (exact) mass is 449 g/mol. The molecule has 0 saturated carbocycles. The van der Waals surface area contributed by atoms with Crippen molar-refractivity contribution in [2.75, 3.05) is 5.32 Å². The quantitative estimate of drug-likeness (QED) is 0.621. The Hall–Kier alpha value is -0.590. The first-order chi connectivity index (χ1) is 8.99. The van der Waals surface area contributed by atoms with E-state index in [-0.39, 0.29) is 5.91 Å². The molecule has 2 rings (SSSR count). The van der Waals surface area contributed by atoms with Crippen molar-refractivity contribution in [3.05, 3.63) is 60.6 Å². The molecule has 0 aliphatic carbocycles. The Balaban J connectivity index is 2.28. The lowest BCUT2D eigenvalue weighted by Gasteiger charge is -2.10. The third-order valence-electron chi connectivity index (χ3n) is 2.62. The Morgan fingerprint density at radius 1 is 1.32 bits per heavy atom. The number of aryl methyl sites for hydroxylation is 1. The Bertz CT molecular complexity index is 645. The van der Waals surface area contributed by atoms with Gasteiger partial charge in [-0.05, 0) is 75.3 Å². The van der Waals surface area contributed by atoms with Gasteiger partial charge in [0.25, 0.3) is 5.91 Å². The predicted molar refractivity (Wildman–Crippen MR) is 91.0 cm³/mol. The Kier molecular flexibility index (Phi) is 4.86. The van der Waals surface area contributed by atoms with Crippen LogP contribution < -0.4 is 5.32 Å². The van der Waals surface area contributed by atoms with Crippen LogP contribution in [0.2, 0.25) is 5.02 Å². The first-order valence-corrected chi connectivity index (χ1v) is 7.75. The highest BCUT2D eigenvalue weighted by Crippen LogP contribution is 2.25. The zero-order chi connectivity index (χ0) is 14.0. The molecule has 0 aliphatic heterocycles. The molecule has 1 amide bonds. The molecule has 2 aromatic carbocycles. The maximum Gasteiger partial charge on any atom is 0.256 e. The highest BCUT2D eigenvalue weighted by Gasteiger charge is 2.12. The number of hydrogen-bond acceptors (Lipinski definition) is 1. The minimum atomic E-state index is -0.143. The molecule has 2 aromatic rings. The van der Waals surface area contributed by atoms with Gasteiger partial charge in [-0.1, -0.05) is 23.7 Å². The molecule has 1 N–H and O–H groups in total. The van der Waals surface area contributed by atoms with E-state index in [1.807, 2.05) is 25.1 Å². The van der Waals surface area contributed by atoms with E-state index in [2.05, 4.69) is 43.8 Å². The predicted octanol–water partition coefficient (Wildman–Crippen LogP) is 5.27. The van der Waals surface area contributed by atoms with Crippen LogP contribution in [0.1, 0.15) is 15.9 Å². The number of nitrogens with one attached hydrogen (secondary N) is 1. The number of rotatable bonds is 2. The molecule has 5 heteroatoms. The lowest BCUT2D eigenvalue weighted by atomic mass is 10.1. The van der Waals surface area contributed by atoms with Crippen molar-refractivity contribution >= 4 is 61.7 Å². The van der Waals surface area contributed by atoms with E-state index < -0.39 is 0 Å². The fourth-order valence-electron chi connectivity index (χ4n) is 1.60. The molecule has 0 saturated heterocycles. The fourth-order valence-corrected chi connectivity index (χ4v) is 3.05. The zero-order valence-corrected chi connectivity index (χ0v) is 14.5. The summed E-state index contributed by atoms with van der Waals surface area (Å²) < 4.78 is 1.72. The summed E-state index contributed by atoms with van der Waals surface area (Å²) in [5.74, 6) is -0.143. The van der Waals surface area contributed by atoms with Crippen molar-refractivity contribution in [2.24, 2.45) is 0 Å². The molecule has 2 nitrogen and oxygen atoms in total. The number of hydrogen-bond donors (Lipinski definition) is 1. The summed E-state index contributed by atoms with van der Waals surface area (Å²) in [4.78, 5) is 12.2. The topological polar surface area (TPSA) is 29.1 Å². The summed E-state index contributed by atoms with van der Waals surface area (Å²) in [6, 6.07) is 11.0. The highest BCUT2D eigenvalue weighted by molar-refractivity contribution is 14.1. The normalized spacial score (nSPS) is 10.3. The van der Waals surface area contributed by atoms with Gasteiger partial charge in [0.2, 0.25) is 0 Å². The van der Waals surface area contributed by atoms with E-state index in [0.717, 1.165) is 19.3 Å². The lowest BCUT2D eigenvalue weighted by molar-refractivity contribution is 0.102. The molecule has 19 heavy (non-hydrogen) atoms. The van der Waals surface area contributed by atoms with Gasteiger partial charge < -0.3 is 5.32 Å². The standard InChI is InChI=1S/C14H10BrClINO/c1-8-3-2-4-10(13(8)15)14(19)18-12-6-5-9(16)7-11(12)17/h2-7H,1H3,(H,18,19). The fraction of sp³-hybridized carbons (Fsp3) is 0.0714. The average Bonchev–Trinajstić information content (AvgIpc) is 2.36. The first-order valence-electron chi connectivity index (χ1n) is 5.50. The van der Waals surface area contributed by atoms with Gasteiger partial charge in [-0.3, -0.25) is 4.79 Å². The Morgan fingerprint density at radius 3 is 2.74 bits per heavy atom. The van der Waals surface area contributed by atoms with Gasteiger partial charge in [0, 0.05) is 13.1 Å². The number of carbonyl (C=O) groups is 1. The minimum Gasteiger partial charge on any atom is -0.321 e. The summed E-state index contributed by atoms with van der Waals surface area (Å²) in [5.41, 5.74) is 2.40. The largest absolute Gasteiger partial charge is 0.321 e. The van der Waals surface area contributed by atoms with Gasteiger partial charge in [0.1, 0.15) is 0 Å². The van der Waals surface area contributed by atoms with Crippen LogP contribution in [0, 0.1) is 10.5 Å². The zero-order valence-electron chi connectivity index (χ0n) is 10.0. The molecule has 0 bridgehead atoms. The summed E-state index contributed by atoms with van der Waals surface area (Å²) >= 11 is 11.5. The van der Waals surface area contributed by atoms with E-state index in [0.29, 0.717) is 10.6 Å². The maximum absolute atomic E-state index is 12.2. The molecule has 0 heterocycles. The van der Waals surface area contributed by atoms with Crippen molar-refractivity contribution in [3.8, 4) is 0 Å². The summed E-state index contributed by atoms with van der Waals surface area (Å²) in [5, 5.41) is 3.54. The van der Waals surface area contributed by atoms with E-state index in [9.17, 15) is 4.79 Å². The second kappa shape index (κ2) is 6.24. The van der Waals surface area contributed by atoms with E-state index in [1.54, 1.807) is 18.2 Å². The minimum absolute atomic E-state index is 0.143. The maximum atomic E-state index is 12.2. The van der Waals surface area contributed by atoms with Crippen LogP contribution in [0.15, 0.2) is 40.9 Å². The first kappa shape index (κ1) is 14.8. The Morgan fingerprint density at radius 2 is 2.05 bits per heavy atom. The van der Waals surface area contributed by atoms with E-state index in [4.69, 9.17) is 11.6 Å².